The summed E-state index contributed by atoms with van der Waals surface area (Å²) < 4.78 is 0.885. The molecule has 0 fully saturated rings. The number of rotatable bonds is 3. The summed E-state index contributed by atoms with van der Waals surface area (Å²) >= 11 is 3.36. The fraction of sp³-hybridized carbons (Fsp3) is 0.333. The minimum absolute atomic E-state index is 0.0546. The van der Waals surface area contributed by atoms with Gasteiger partial charge in [0.1, 0.15) is 0 Å². The molecule has 4 heteroatoms. The van der Waals surface area contributed by atoms with Gasteiger partial charge in [-0.25, -0.2) is 0 Å². The molecule has 1 amide bonds. The van der Waals surface area contributed by atoms with E-state index in [1.807, 2.05) is 13.0 Å². The highest BCUT2D eigenvalue weighted by molar-refractivity contribution is 9.10. The Balaban J connectivity index is 2.89. The van der Waals surface area contributed by atoms with Gasteiger partial charge < -0.3 is 5.32 Å². The summed E-state index contributed by atoms with van der Waals surface area (Å²) in [5.74, 6) is -0.275. The smallest absolute Gasteiger partial charge is 0.252 e. The first-order chi connectivity index (χ1) is 7.43. The summed E-state index contributed by atoms with van der Waals surface area (Å²) in [6.07, 6.45) is 0. The third-order valence-corrected chi connectivity index (χ3v) is 3.33. The molecular weight excluding hydrogens is 270 g/mol. The summed E-state index contributed by atoms with van der Waals surface area (Å²) in [6, 6.07) is 4.96. The number of hydrogen-bond acceptors (Lipinski definition) is 2. The van der Waals surface area contributed by atoms with E-state index in [-0.39, 0.29) is 11.7 Å². The van der Waals surface area contributed by atoms with Crippen LogP contribution in [0.3, 0.4) is 0 Å². The van der Waals surface area contributed by atoms with E-state index in [0.29, 0.717) is 5.56 Å². The van der Waals surface area contributed by atoms with Crippen molar-refractivity contribution in [2.75, 3.05) is 0 Å². The zero-order valence-corrected chi connectivity index (χ0v) is 11.1. The second-order valence-corrected chi connectivity index (χ2v) is 4.57. The Morgan fingerprint density at radius 2 is 2.00 bits per heavy atom. The summed E-state index contributed by atoms with van der Waals surface area (Å²) in [4.78, 5) is 22.9. The van der Waals surface area contributed by atoms with E-state index in [1.54, 1.807) is 19.1 Å². The van der Waals surface area contributed by atoms with Gasteiger partial charge in [0, 0.05) is 10.0 Å². The van der Waals surface area contributed by atoms with E-state index in [4.69, 9.17) is 0 Å². The molecule has 1 unspecified atom stereocenters. The maximum absolute atomic E-state index is 11.8. The summed E-state index contributed by atoms with van der Waals surface area (Å²) in [5.41, 5.74) is 1.46. The van der Waals surface area contributed by atoms with Crippen molar-refractivity contribution in [1.82, 2.24) is 5.32 Å². The molecule has 1 rings (SSSR count). The molecule has 0 aliphatic rings. The first kappa shape index (κ1) is 12.9. The molecule has 0 spiro atoms. The van der Waals surface area contributed by atoms with Gasteiger partial charge in [-0.1, -0.05) is 22.0 Å². The number of halogens is 1. The molecule has 3 nitrogen and oxygen atoms in total. The second-order valence-electron chi connectivity index (χ2n) is 3.72. The third kappa shape index (κ3) is 2.92. The maximum Gasteiger partial charge on any atom is 0.252 e. The van der Waals surface area contributed by atoms with Gasteiger partial charge in [0.15, 0.2) is 5.78 Å². The van der Waals surface area contributed by atoms with Gasteiger partial charge in [-0.15, -0.1) is 0 Å². The highest BCUT2D eigenvalue weighted by Crippen LogP contribution is 2.19. The van der Waals surface area contributed by atoms with Crippen molar-refractivity contribution in [2.24, 2.45) is 0 Å². The van der Waals surface area contributed by atoms with Crippen LogP contribution in [0.4, 0.5) is 0 Å². The number of carbonyl (C=O) groups is 2. The maximum atomic E-state index is 11.8. The lowest BCUT2D eigenvalue weighted by Crippen LogP contribution is -2.37. The Morgan fingerprint density at radius 3 is 2.56 bits per heavy atom. The van der Waals surface area contributed by atoms with Gasteiger partial charge in [0.05, 0.1) is 6.04 Å². The fourth-order valence-corrected chi connectivity index (χ4v) is 1.60. The number of hydrogen-bond donors (Lipinski definition) is 1. The number of carbonyl (C=O) groups excluding carboxylic acids is 2. The van der Waals surface area contributed by atoms with Crippen LogP contribution in [0.25, 0.3) is 0 Å². The fourth-order valence-electron chi connectivity index (χ4n) is 1.23. The van der Waals surface area contributed by atoms with Crippen LogP contribution in [0.1, 0.15) is 29.8 Å². The van der Waals surface area contributed by atoms with Gasteiger partial charge in [-0.05, 0) is 38.5 Å². The monoisotopic (exact) mass is 283 g/mol. The van der Waals surface area contributed by atoms with Gasteiger partial charge in [0.25, 0.3) is 5.91 Å². The zero-order valence-electron chi connectivity index (χ0n) is 9.50. The van der Waals surface area contributed by atoms with Crippen molar-refractivity contribution in [3.8, 4) is 0 Å². The van der Waals surface area contributed by atoms with Crippen LogP contribution in [-0.2, 0) is 4.79 Å². The predicted octanol–water partition coefficient (Wildman–Crippen LogP) is 2.46. The second kappa shape index (κ2) is 5.25. The van der Waals surface area contributed by atoms with Crippen LogP contribution in [-0.4, -0.2) is 17.7 Å². The first-order valence-corrected chi connectivity index (χ1v) is 5.79. The molecule has 0 bridgehead atoms. The molecule has 0 heterocycles. The number of amides is 1. The summed E-state index contributed by atoms with van der Waals surface area (Å²) in [5, 5.41) is 2.65. The molecule has 1 N–H and O–H groups in total. The van der Waals surface area contributed by atoms with E-state index in [1.165, 1.54) is 6.92 Å². The summed E-state index contributed by atoms with van der Waals surface area (Å²) in [7, 11) is 0. The Bertz CT molecular complexity index is 429. The molecule has 86 valence electrons. The lowest BCUT2D eigenvalue weighted by molar-refractivity contribution is -0.118. The average molecular weight is 284 g/mol. The predicted molar refractivity (Wildman–Crippen MR) is 66.5 cm³/mol. The first-order valence-electron chi connectivity index (χ1n) is 5.00. The topological polar surface area (TPSA) is 46.2 Å². The van der Waals surface area contributed by atoms with Crippen LogP contribution in [0.2, 0.25) is 0 Å². The Hall–Kier alpha value is -1.16. The van der Waals surface area contributed by atoms with Crippen molar-refractivity contribution in [3.05, 3.63) is 33.8 Å². The van der Waals surface area contributed by atoms with Crippen LogP contribution in [0, 0.1) is 6.92 Å². The van der Waals surface area contributed by atoms with Crippen LogP contribution < -0.4 is 5.32 Å². The van der Waals surface area contributed by atoms with Crippen molar-refractivity contribution < 1.29 is 9.59 Å². The molecule has 1 atom stereocenters. The van der Waals surface area contributed by atoms with Crippen LogP contribution >= 0.6 is 15.9 Å². The van der Waals surface area contributed by atoms with Crippen molar-refractivity contribution in [2.45, 2.75) is 26.8 Å². The van der Waals surface area contributed by atoms with E-state index in [0.717, 1.165) is 10.0 Å². The molecule has 1 aromatic rings. The van der Waals surface area contributed by atoms with E-state index in [9.17, 15) is 9.59 Å². The van der Waals surface area contributed by atoms with E-state index >= 15 is 0 Å². The molecule has 0 saturated carbocycles. The van der Waals surface area contributed by atoms with Crippen molar-refractivity contribution in [3.63, 3.8) is 0 Å². The largest absolute Gasteiger partial charge is 0.343 e. The standard InChI is InChI=1S/C12H14BrNO2/c1-7-10(5-4-6-11(7)13)12(16)14-8(2)9(3)15/h4-6,8H,1-3H3,(H,14,16). The minimum atomic E-state index is -0.453. The van der Waals surface area contributed by atoms with Gasteiger partial charge in [-0.3, -0.25) is 9.59 Å². The lowest BCUT2D eigenvalue weighted by Gasteiger charge is -2.12. The normalized spacial score (nSPS) is 12.0. The zero-order chi connectivity index (χ0) is 12.3. The Morgan fingerprint density at radius 1 is 1.38 bits per heavy atom. The molecule has 0 radical (unpaired) electrons. The molecule has 1 aromatic carbocycles. The molecule has 16 heavy (non-hydrogen) atoms. The van der Waals surface area contributed by atoms with Crippen molar-refractivity contribution in [1.29, 1.82) is 0 Å². The molecule has 0 saturated heterocycles. The Labute approximate surface area is 103 Å². The van der Waals surface area contributed by atoms with E-state index < -0.39 is 6.04 Å². The summed E-state index contributed by atoms with van der Waals surface area (Å²) in [6.45, 7) is 4.99. The van der Waals surface area contributed by atoms with Crippen LogP contribution in [0.5, 0.6) is 0 Å². The SMILES string of the molecule is CC(=O)C(C)NC(=O)c1cccc(Br)c1C. The van der Waals surface area contributed by atoms with Gasteiger partial charge >= 0.3 is 0 Å². The highest BCUT2D eigenvalue weighted by atomic mass is 79.9. The molecule has 0 aromatic heterocycles. The minimum Gasteiger partial charge on any atom is -0.343 e. The Kier molecular flexibility index (Phi) is 4.24. The third-order valence-electron chi connectivity index (χ3n) is 2.47. The van der Waals surface area contributed by atoms with Gasteiger partial charge in [-0.2, -0.15) is 0 Å². The van der Waals surface area contributed by atoms with Crippen molar-refractivity contribution >= 4 is 27.6 Å². The highest BCUT2D eigenvalue weighted by Gasteiger charge is 2.15. The van der Waals surface area contributed by atoms with Gasteiger partial charge in [0.2, 0.25) is 0 Å². The molecule has 0 aliphatic heterocycles. The average Bonchev–Trinajstić information content (AvgIpc) is 2.21. The van der Waals surface area contributed by atoms with E-state index in [2.05, 4.69) is 21.2 Å². The number of benzene rings is 1. The number of ketones is 1. The number of Topliss-reactive ketones (excluding diaryl/α,β-unsaturated/α-hetero) is 1. The molecular formula is C12H14BrNO2. The van der Waals surface area contributed by atoms with Crippen LogP contribution in [0.15, 0.2) is 22.7 Å². The quantitative estimate of drug-likeness (QED) is 0.926. The lowest BCUT2D eigenvalue weighted by atomic mass is 10.1. The molecule has 0 aliphatic carbocycles. The number of nitrogens with one attached hydrogen (secondary N) is 1.